The van der Waals surface area contributed by atoms with Crippen LogP contribution >= 0.6 is 11.6 Å². The van der Waals surface area contributed by atoms with Crippen LogP contribution in [0.2, 0.25) is 0 Å². The summed E-state index contributed by atoms with van der Waals surface area (Å²) in [7, 11) is 1.32. The van der Waals surface area contributed by atoms with E-state index in [9.17, 15) is 10.2 Å². The summed E-state index contributed by atoms with van der Waals surface area (Å²) in [4.78, 5) is 0. The second-order valence-corrected chi connectivity index (χ2v) is 3.19. The van der Waals surface area contributed by atoms with Gasteiger partial charge in [0.15, 0.2) is 0 Å². The highest BCUT2D eigenvalue weighted by Gasteiger charge is 2.54. The second kappa shape index (κ2) is 4.08. The zero-order valence-corrected chi connectivity index (χ0v) is 7.94. The Labute approximate surface area is 80.8 Å². The lowest BCUT2D eigenvalue weighted by Gasteiger charge is -2.27. The molecule has 3 N–H and O–H groups in total. The van der Waals surface area contributed by atoms with Gasteiger partial charge in [0.05, 0.1) is 12.5 Å². The minimum absolute atomic E-state index is 0.113. The van der Waals surface area contributed by atoms with Crippen molar-refractivity contribution in [3.63, 3.8) is 0 Å². The standard InChI is InChI=1S/C7H13ClO5/c1-12-7(3-8)6(11)5(10)4(2-9)13-7/h4-6,9-11H,2-3H2,1H3. The predicted molar refractivity (Wildman–Crippen MR) is 44.4 cm³/mol. The number of rotatable bonds is 3. The summed E-state index contributed by atoms with van der Waals surface area (Å²) in [5, 5.41) is 27.7. The number of hydrogen-bond acceptors (Lipinski definition) is 5. The van der Waals surface area contributed by atoms with Crippen LogP contribution in [0.4, 0.5) is 0 Å². The fourth-order valence-corrected chi connectivity index (χ4v) is 1.67. The lowest BCUT2D eigenvalue weighted by Crippen LogP contribution is -2.46. The Balaban J connectivity index is 2.79. The normalized spacial score (nSPS) is 45.5. The minimum atomic E-state index is -1.41. The molecule has 6 heteroatoms. The van der Waals surface area contributed by atoms with E-state index < -0.39 is 24.1 Å². The third kappa shape index (κ3) is 1.68. The van der Waals surface area contributed by atoms with Gasteiger partial charge < -0.3 is 24.8 Å². The summed E-state index contributed by atoms with van der Waals surface area (Å²) in [5.74, 6) is -1.52. The van der Waals surface area contributed by atoms with E-state index in [2.05, 4.69) is 0 Å². The molecule has 78 valence electrons. The van der Waals surface area contributed by atoms with Crippen LogP contribution in [-0.2, 0) is 9.47 Å². The number of aliphatic hydroxyl groups is 3. The fraction of sp³-hybridized carbons (Fsp3) is 1.00. The molecule has 0 amide bonds. The van der Waals surface area contributed by atoms with E-state index in [-0.39, 0.29) is 12.5 Å². The van der Waals surface area contributed by atoms with E-state index in [1.165, 1.54) is 7.11 Å². The maximum absolute atomic E-state index is 9.51. The first-order valence-corrected chi connectivity index (χ1v) is 4.40. The summed E-state index contributed by atoms with van der Waals surface area (Å²) < 4.78 is 10.0. The zero-order valence-electron chi connectivity index (χ0n) is 7.18. The first kappa shape index (κ1) is 11.2. The van der Waals surface area contributed by atoms with Gasteiger partial charge in [0, 0.05) is 7.11 Å². The third-order valence-corrected chi connectivity index (χ3v) is 2.59. The van der Waals surface area contributed by atoms with E-state index in [0.717, 1.165) is 0 Å². The number of halogens is 1. The number of hydrogen-bond donors (Lipinski definition) is 3. The third-order valence-electron chi connectivity index (χ3n) is 2.22. The number of aliphatic hydroxyl groups excluding tert-OH is 3. The molecule has 1 fully saturated rings. The molecule has 1 saturated heterocycles. The largest absolute Gasteiger partial charge is 0.394 e. The predicted octanol–water partition coefficient (Wildman–Crippen LogP) is -1.32. The van der Waals surface area contributed by atoms with Crippen LogP contribution in [0.1, 0.15) is 0 Å². The van der Waals surface area contributed by atoms with Gasteiger partial charge >= 0.3 is 0 Å². The van der Waals surface area contributed by atoms with Crippen molar-refractivity contribution in [2.45, 2.75) is 24.1 Å². The molecule has 13 heavy (non-hydrogen) atoms. The van der Waals surface area contributed by atoms with E-state index in [1.807, 2.05) is 0 Å². The molecule has 0 aromatic rings. The first-order valence-electron chi connectivity index (χ1n) is 3.87. The molecule has 4 unspecified atom stereocenters. The second-order valence-electron chi connectivity index (χ2n) is 2.92. The SMILES string of the molecule is COC1(CCl)OC(CO)C(O)C1O. The molecule has 5 nitrogen and oxygen atoms in total. The molecule has 0 aliphatic carbocycles. The van der Waals surface area contributed by atoms with E-state index in [0.29, 0.717) is 0 Å². The molecule has 1 aliphatic rings. The van der Waals surface area contributed by atoms with Crippen LogP contribution in [0, 0.1) is 0 Å². The molecule has 4 atom stereocenters. The van der Waals surface area contributed by atoms with Gasteiger partial charge in [-0.05, 0) is 0 Å². The van der Waals surface area contributed by atoms with Crippen molar-refractivity contribution in [2.75, 3.05) is 19.6 Å². The van der Waals surface area contributed by atoms with Crippen LogP contribution in [0.25, 0.3) is 0 Å². The van der Waals surface area contributed by atoms with Crippen molar-refractivity contribution in [1.82, 2.24) is 0 Å². The van der Waals surface area contributed by atoms with Gasteiger partial charge in [-0.25, -0.2) is 0 Å². The summed E-state index contributed by atoms with van der Waals surface area (Å²) in [6, 6.07) is 0. The quantitative estimate of drug-likeness (QED) is 0.506. The highest BCUT2D eigenvalue weighted by atomic mass is 35.5. The van der Waals surface area contributed by atoms with E-state index in [4.69, 9.17) is 26.2 Å². The van der Waals surface area contributed by atoms with Gasteiger partial charge in [0.2, 0.25) is 5.79 Å². The molecular formula is C7H13ClO5. The maximum atomic E-state index is 9.51. The highest BCUT2D eigenvalue weighted by molar-refractivity contribution is 6.18. The highest BCUT2D eigenvalue weighted by Crippen LogP contribution is 2.32. The Morgan fingerprint density at radius 3 is 2.38 bits per heavy atom. The Hall–Kier alpha value is 0.0900. The van der Waals surface area contributed by atoms with Crippen molar-refractivity contribution in [3.05, 3.63) is 0 Å². The average molecular weight is 213 g/mol. The summed E-state index contributed by atoms with van der Waals surface area (Å²) in [6.07, 6.45) is -3.27. The molecule has 1 rings (SSSR count). The number of methoxy groups -OCH3 is 1. The smallest absolute Gasteiger partial charge is 0.211 e. The van der Waals surface area contributed by atoms with Gasteiger partial charge in [-0.15, -0.1) is 11.6 Å². The Bertz CT molecular complexity index is 172. The van der Waals surface area contributed by atoms with Crippen LogP contribution in [0.5, 0.6) is 0 Å². The molecular weight excluding hydrogens is 200 g/mol. The van der Waals surface area contributed by atoms with E-state index >= 15 is 0 Å². The molecule has 1 heterocycles. The topological polar surface area (TPSA) is 79.2 Å². The monoisotopic (exact) mass is 212 g/mol. The summed E-state index contributed by atoms with van der Waals surface area (Å²) in [5.41, 5.74) is 0. The Kier molecular flexibility index (Phi) is 3.50. The van der Waals surface area contributed by atoms with Crippen LogP contribution in [0.15, 0.2) is 0 Å². The van der Waals surface area contributed by atoms with Crippen molar-refractivity contribution in [1.29, 1.82) is 0 Å². The minimum Gasteiger partial charge on any atom is -0.394 e. The Morgan fingerprint density at radius 2 is 2.15 bits per heavy atom. The van der Waals surface area contributed by atoms with E-state index in [1.54, 1.807) is 0 Å². The molecule has 1 aliphatic heterocycles. The van der Waals surface area contributed by atoms with Gasteiger partial charge in [-0.3, -0.25) is 0 Å². The van der Waals surface area contributed by atoms with Crippen LogP contribution in [0.3, 0.4) is 0 Å². The van der Waals surface area contributed by atoms with Gasteiger partial charge in [0.25, 0.3) is 0 Å². The molecule has 0 spiro atoms. The summed E-state index contributed by atoms with van der Waals surface area (Å²) >= 11 is 5.54. The van der Waals surface area contributed by atoms with Gasteiger partial charge in [0.1, 0.15) is 18.3 Å². The molecule has 0 aromatic carbocycles. The fourth-order valence-electron chi connectivity index (χ4n) is 1.34. The number of ether oxygens (including phenoxy) is 2. The van der Waals surface area contributed by atoms with Crippen molar-refractivity contribution in [3.8, 4) is 0 Å². The zero-order chi connectivity index (χ0) is 10.1. The van der Waals surface area contributed by atoms with Crippen LogP contribution < -0.4 is 0 Å². The summed E-state index contributed by atoms with van der Waals surface area (Å²) in [6.45, 7) is -0.389. The number of alkyl halides is 1. The maximum Gasteiger partial charge on any atom is 0.211 e. The van der Waals surface area contributed by atoms with Gasteiger partial charge in [-0.2, -0.15) is 0 Å². The molecule has 0 radical (unpaired) electrons. The first-order chi connectivity index (χ1) is 6.11. The molecule has 0 bridgehead atoms. The van der Waals surface area contributed by atoms with Crippen molar-refractivity contribution in [2.24, 2.45) is 0 Å². The van der Waals surface area contributed by atoms with Crippen molar-refractivity contribution < 1.29 is 24.8 Å². The lowest BCUT2D eigenvalue weighted by molar-refractivity contribution is -0.232. The molecule has 0 aromatic heterocycles. The lowest BCUT2D eigenvalue weighted by atomic mass is 10.1. The van der Waals surface area contributed by atoms with Crippen LogP contribution in [-0.4, -0.2) is 59.0 Å². The Morgan fingerprint density at radius 1 is 1.54 bits per heavy atom. The average Bonchev–Trinajstić information content (AvgIpc) is 2.42. The molecule has 0 saturated carbocycles. The van der Waals surface area contributed by atoms with Crippen molar-refractivity contribution >= 4 is 11.6 Å². The van der Waals surface area contributed by atoms with Gasteiger partial charge in [-0.1, -0.05) is 0 Å².